The van der Waals surface area contributed by atoms with Gasteiger partial charge in [-0.2, -0.15) is 0 Å². The van der Waals surface area contributed by atoms with Crippen LogP contribution in [0.15, 0.2) is 18.2 Å². The van der Waals surface area contributed by atoms with Gasteiger partial charge in [-0.05, 0) is 50.2 Å². The number of hydrogen-bond acceptors (Lipinski definition) is 3. The fourth-order valence-electron chi connectivity index (χ4n) is 2.71. The second-order valence-corrected chi connectivity index (χ2v) is 6.18. The molecule has 3 rings (SSSR count). The lowest BCUT2D eigenvalue weighted by atomic mass is 9.95. The zero-order valence-corrected chi connectivity index (χ0v) is 11.9. The van der Waals surface area contributed by atoms with Gasteiger partial charge >= 0.3 is 0 Å². The normalized spacial score (nSPS) is 21.6. The molecule has 1 aromatic carbocycles. The Morgan fingerprint density at radius 1 is 1.35 bits per heavy atom. The van der Waals surface area contributed by atoms with Crippen LogP contribution in [0.2, 0.25) is 0 Å². The maximum absolute atomic E-state index is 14.0. The van der Waals surface area contributed by atoms with Crippen molar-refractivity contribution in [3.63, 3.8) is 0 Å². The highest BCUT2D eigenvalue weighted by molar-refractivity contribution is 5.30. The first-order chi connectivity index (χ1) is 9.64. The molecule has 20 heavy (non-hydrogen) atoms. The van der Waals surface area contributed by atoms with Crippen molar-refractivity contribution in [2.45, 2.75) is 44.2 Å². The summed E-state index contributed by atoms with van der Waals surface area (Å²) in [7, 11) is 0. The van der Waals surface area contributed by atoms with Crippen molar-refractivity contribution >= 4 is 0 Å². The van der Waals surface area contributed by atoms with Crippen molar-refractivity contribution in [3.05, 3.63) is 29.6 Å². The third-order valence-electron chi connectivity index (χ3n) is 4.35. The van der Waals surface area contributed by atoms with Gasteiger partial charge in [0.05, 0.1) is 12.1 Å². The first kappa shape index (κ1) is 13.8. The van der Waals surface area contributed by atoms with Crippen molar-refractivity contribution < 1.29 is 14.2 Å². The van der Waals surface area contributed by atoms with Crippen LogP contribution in [0.25, 0.3) is 0 Å². The molecule has 2 aliphatic rings. The number of aliphatic hydroxyl groups excluding tert-OH is 1. The summed E-state index contributed by atoms with van der Waals surface area (Å²) in [6, 6.07) is 5.66. The Labute approximate surface area is 119 Å². The van der Waals surface area contributed by atoms with Crippen molar-refractivity contribution in [1.82, 2.24) is 5.32 Å². The molecule has 0 radical (unpaired) electrons. The van der Waals surface area contributed by atoms with Crippen LogP contribution < -0.4 is 10.1 Å². The fourth-order valence-corrected chi connectivity index (χ4v) is 2.71. The molecular formula is C16H22FNO2. The number of nitrogens with one attached hydrogen (secondary N) is 1. The maximum Gasteiger partial charge on any atom is 0.167 e. The average molecular weight is 279 g/mol. The highest BCUT2D eigenvalue weighted by Gasteiger charge is 2.48. The molecule has 0 spiro atoms. The van der Waals surface area contributed by atoms with Gasteiger partial charge in [0.15, 0.2) is 11.6 Å². The minimum atomic E-state index is -0.405. The number of rotatable bonds is 7. The summed E-state index contributed by atoms with van der Waals surface area (Å²) < 4.78 is 19.7. The molecule has 2 saturated carbocycles. The van der Waals surface area contributed by atoms with Crippen molar-refractivity contribution in [1.29, 1.82) is 0 Å². The van der Waals surface area contributed by atoms with E-state index in [0.29, 0.717) is 24.1 Å². The zero-order valence-electron chi connectivity index (χ0n) is 11.9. The van der Waals surface area contributed by atoms with Crippen LogP contribution in [0.1, 0.15) is 31.2 Å². The van der Waals surface area contributed by atoms with Gasteiger partial charge in [0, 0.05) is 6.04 Å². The Kier molecular flexibility index (Phi) is 3.69. The summed E-state index contributed by atoms with van der Waals surface area (Å²) in [5.74, 6) is 0.420. The van der Waals surface area contributed by atoms with E-state index in [1.807, 2.05) is 0 Å². The molecule has 0 bridgehead atoms. The summed E-state index contributed by atoms with van der Waals surface area (Å²) in [5.41, 5.74) is 0.177. The highest BCUT2D eigenvalue weighted by Crippen LogP contribution is 2.41. The predicted octanol–water partition coefficient (Wildman–Crippen LogP) is 2.41. The Balaban J connectivity index is 1.71. The van der Waals surface area contributed by atoms with Gasteiger partial charge in [-0.15, -0.1) is 0 Å². The molecule has 0 aromatic heterocycles. The maximum atomic E-state index is 14.0. The molecule has 3 nitrogen and oxygen atoms in total. The number of ether oxygens (including phenoxy) is 1. The Hall–Kier alpha value is -1.13. The molecule has 4 heteroatoms. The Bertz CT molecular complexity index is 485. The number of aliphatic hydroxyl groups is 1. The van der Waals surface area contributed by atoms with Gasteiger partial charge in [0.25, 0.3) is 0 Å². The SMILES string of the molecule is Cc1cccc(OCC(CO)(NC2CC2)C2CC2)c1F. The van der Waals surface area contributed by atoms with Crippen molar-refractivity contribution in [2.75, 3.05) is 13.2 Å². The Morgan fingerprint density at radius 3 is 2.70 bits per heavy atom. The van der Waals surface area contributed by atoms with Crippen molar-refractivity contribution in [2.24, 2.45) is 5.92 Å². The molecule has 2 aliphatic carbocycles. The van der Waals surface area contributed by atoms with Crippen LogP contribution in [-0.2, 0) is 0 Å². The lowest BCUT2D eigenvalue weighted by molar-refractivity contribution is 0.0813. The summed E-state index contributed by atoms with van der Waals surface area (Å²) >= 11 is 0. The number of aryl methyl sites for hydroxylation is 1. The molecule has 2 N–H and O–H groups in total. The lowest BCUT2D eigenvalue weighted by Crippen LogP contribution is -2.56. The van der Waals surface area contributed by atoms with Crippen LogP contribution in [0.4, 0.5) is 4.39 Å². The van der Waals surface area contributed by atoms with E-state index in [-0.39, 0.29) is 18.2 Å². The van der Waals surface area contributed by atoms with Gasteiger partial charge in [0.2, 0.25) is 0 Å². The second kappa shape index (κ2) is 5.34. The summed E-state index contributed by atoms with van der Waals surface area (Å²) in [5, 5.41) is 13.4. The van der Waals surface area contributed by atoms with Crippen LogP contribution in [0.3, 0.4) is 0 Å². The number of hydrogen-bond donors (Lipinski definition) is 2. The van der Waals surface area contributed by atoms with E-state index in [4.69, 9.17) is 4.74 Å². The van der Waals surface area contributed by atoms with E-state index in [1.165, 1.54) is 0 Å². The van der Waals surface area contributed by atoms with Crippen molar-refractivity contribution in [3.8, 4) is 5.75 Å². The molecule has 0 saturated heterocycles. The van der Waals surface area contributed by atoms with E-state index in [0.717, 1.165) is 25.7 Å². The van der Waals surface area contributed by atoms with Gasteiger partial charge in [-0.3, -0.25) is 0 Å². The number of benzene rings is 1. The molecule has 0 amide bonds. The second-order valence-electron chi connectivity index (χ2n) is 6.18. The van der Waals surface area contributed by atoms with E-state index < -0.39 is 5.54 Å². The Morgan fingerprint density at radius 2 is 2.10 bits per heavy atom. The van der Waals surface area contributed by atoms with Gasteiger partial charge in [-0.1, -0.05) is 12.1 Å². The minimum Gasteiger partial charge on any atom is -0.488 e. The molecule has 0 aliphatic heterocycles. The van der Waals surface area contributed by atoms with E-state index in [1.54, 1.807) is 25.1 Å². The van der Waals surface area contributed by atoms with E-state index in [2.05, 4.69) is 5.32 Å². The predicted molar refractivity (Wildman–Crippen MR) is 75.3 cm³/mol. The summed E-state index contributed by atoms with van der Waals surface area (Å²) in [6.07, 6.45) is 4.54. The molecule has 1 unspecified atom stereocenters. The molecule has 2 fully saturated rings. The monoisotopic (exact) mass is 279 g/mol. The quantitative estimate of drug-likeness (QED) is 0.805. The zero-order chi connectivity index (χ0) is 14.2. The third kappa shape index (κ3) is 2.81. The molecular weight excluding hydrogens is 257 g/mol. The first-order valence-corrected chi connectivity index (χ1v) is 7.41. The van der Waals surface area contributed by atoms with Gasteiger partial charge in [0.1, 0.15) is 6.61 Å². The van der Waals surface area contributed by atoms with Crippen LogP contribution >= 0.6 is 0 Å². The molecule has 1 atom stereocenters. The van der Waals surface area contributed by atoms with Gasteiger partial charge < -0.3 is 15.2 Å². The fraction of sp³-hybridized carbons (Fsp3) is 0.625. The van der Waals surface area contributed by atoms with Gasteiger partial charge in [-0.25, -0.2) is 4.39 Å². The lowest BCUT2D eigenvalue weighted by Gasteiger charge is -2.33. The highest BCUT2D eigenvalue weighted by atomic mass is 19.1. The standard InChI is InChI=1S/C16H22FNO2/c1-11-3-2-4-14(15(11)17)20-10-16(9-19,12-5-6-12)18-13-7-8-13/h2-4,12-13,18-19H,5-10H2,1H3. The summed E-state index contributed by atoms with van der Waals surface area (Å²) in [4.78, 5) is 0. The molecule has 0 heterocycles. The summed E-state index contributed by atoms with van der Waals surface area (Å²) in [6.45, 7) is 2.09. The van der Waals surface area contributed by atoms with E-state index in [9.17, 15) is 9.50 Å². The molecule has 110 valence electrons. The number of halogens is 1. The topological polar surface area (TPSA) is 41.5 Å². The van der Waals surface area contributed by atoms with Crippen LogP contribution in [-0.4, -0.2) is 29.9 Å². The van der Waals surface area contributed by atoms with E-state index >= 15 is 0 Å². The van der Waals surface area contributed by atoms with Crippen LogP contribution in [0, 0.1) is 18.7 Å². The average Bonchev–Trinajstić information content (AvgIpc) is 3.31. The molecule has 1 aromatic rings. The minimum absolute atomic E-state index is 0.0433. The third-order valence-corrected chi connectivity index (χ3v) is 4.35. The van der Waals surface area contributed by atoms with Crippen LogP contribution in [0.5, 0.6) is 5.75 Å². The first-order valence-electron chi connectivity index (χ1n) is 7.41. The smallest absolute Gasteiger partial charge is 0.167 e. The largest absolute Gasteiger partial charge is 0.488 e.